The Labute approximate surface area is 175 Å². The van der Waals surface area contributed by atoms with Crippen LogP contribution in [0.3, 0.4) is 0 Å². The number of aromatic nitrogens is 1. The summed E-state index contributed by atoms with van der Waals surface area (Å²) in [6.07, 6.45) is 0. The summed E-state index contributed by atoms with van der Waals surface area (Å²) in [5.41, 5.74) is 1.96. The molecule has 2 aromatic carbocycles. The number of nitro benzene ring substituents is 1. The molecule has 1 aliphatic heterocycles. The standard InChI is InChI=1S/C19H19IN4O2S/c1-13(19-21-15-4-2-3-5-18(15)27-19)22-8-10-23(11-9-22)16-7-6-14(20)12-17(16)24(25)26/h2-7,12-13H,8-11H2,1H3. The fourth-order valence-corrected chi connectivity index (χ4v) is 5.01. The van der Waals surface area contributed by atoms with E-state index in [1.54, 1.807) is 17.4 Å². The molecule has 1 atom stereocenters. The van der Waals surface area contributed by atoms with Crippen molar-refractivity contribution in [2.45, 2.75) is 13.0 Å². The molecular weight excluding hydrogens is 475 g/mol. The number of fused-ring (bicyclic) bond motifs is 1. The Morgan fingerprint density at radius 1 is 1.19 bits per heavy atom. The summed E-state index contributed by atoms with van der Waals surface area (Å²) in [6, 6.07) is 13.9. The van der Waals surface area contributed by atoms with E-state index in [1.165, 1.54) is 4.70 Å². The molecule has 0 radical (unpaired) electrons. The molecule has 4 rings (SSSR count). The van der Waals surface area contributed by atoms with Crippen molar-refractivity contribution < 1.29 is 4.92 Å². The normalized spacial score (nSPS) is 16.6. The number of rotatable bonds is 4. The molecule has 3 aromatic rings. The van der Waals surface area contributed by atoms with Gasteiger partial charge in [-0.25, -0.2) is 4.98 Å². The van der Waals surface area contributed by atoms with Gasteiger partial charge in [-0.1, -0.05) is 12.1 Å². The van der Waals surface area contributed by atoms with Crippen LogP contribution in [0.2, 0.25) is 0 Å². The van der Waals surface area contributed by atoms with Gasteiger partial charge >= 0.3 is 0 Å². The molecule has 1 unspecified atom stereocenters. The first-order valence-corrected chi connectivity index (χ1v) is 10.7. The first-order valence-electron chi connectivity index (χ1n) is 8.81. The van der Waals surface area contributed by atoms with E-state index in [-0.39, 0.29) is 16.7 Å². The number of nitrogens with zero attached hydrogens (tertiary/aromatic N) is 4. The lowest BCUT2D eigenvalue weighted by Gasteiger charge is -2.38. The summed E-state index contributed by atoms with van der Waals surface area (Å²) in [5.74, 6) is 0. The van der Waals surface area contributed by atoms with Crippen LogP contribution >= 0.6 is 33.9 Å². The third-order valence-electron chi connectivity index (χ3n) is 5.00. The second-order valence-electron chi connectivity index (χ2n) is 6.61. The zero-order valence-corrected chi connectivity index (χ0v) is 17.8. The van der Waals surface area contributed by atoms with Crippen molar-refractivity contribution in [2.24, 2.45) is 0 Å². The molecule has 27 heavy (non-hydrogen) atoms. The lowest BCUT2D eigenvalue weighted by atomic mass is 10.2. The summed E-state index contributed by atoms with van der Waals surface area (Å²) < 4.78 is 2.10. The summed E-state index contributed by atoms with van der Waals surface area (Å²) in [7, 11) is 0. The Kier molecular flexibility index (Phi) is 5.29. The number of benzene rings is 2. The van der Waals surface area contributed by atoms with E-state index in [4.69, 9.17) is 4.98 Å². The van der Waals surface area contributed by atoms with Crippen molar-refractivity contribution in [3.05, 3.63) is 61.2 Å². The van der Waals surface area contributed by atoms with Crippen molar-refractivity contribution in [1.82, 2.24) is 9.88 Å². The van der Waals surface area contributed by atoms with Gasteiger partial charge < -0.3 is 4.90 Å². The minimum atomic E-state index is -0.284. The van der Waals surface area contributed by atoms with Gasteiger partial charge in [0.25, 0.3) is 5.69 Å². The first-order chi connectivity index (χ1) is 13.0. The van der Waals surface area contributed by atoms with E-state index >= 15 is 0 Å². The number of hydrogen-bond donors (Lipinski definition) is 0. The summed E-state index contributed by atoms with van der Waals surface area (Å²) in [6.45, 7) is 5.47. The number of thiazole rings is 1. The average Bonchev–Trinajstić information content (AvgIpc) is 3.11. The van der Waals surface area contributed by atoms with Crippen LogP contribution in [0.15, 0.2) is 42.5 Å². The van der Waals surface area contributed by atoms with Crippen LogP contribution in [0.5, 0.6) is 0 Å². The molecule has 0 spiro atoms. The van der Waals surface area contributed by atoms with E-state index < -0.39 is 0 Å². The highest BCUT2D eigenvalue weighted by Crippen LogP contribution is 2.33. The quantitative estimate of drug-likeness (QED) is 0.299. The molecule has 8 heteroatoms. The molecule has 1 saturated heterocycles. The number of anilines is 1. The Bertz CT molecular complexity index is 952. The van der Waals surface area contributed by atoms with E-state index in [0.29, 0.717) is 5.69 Å². The van der Waals surface area contributed by atoms with Crippen LogP contribution in [0.25, 0.3) is 10.2 Å². The van der Waals surface area contributed by atoms with E-state index in [9.17, 15) is 10.1 Å². The molecule has 1 aliphatic rings. The van der Waals surface area contributed by atoms with Crippen LogP contribution in [0.4, 0.5) is 11.4 Å². The molecule has 2 heterocycles. The molecule has 0 amide bonds. The van der Waals surface area contributed by atoms with Gasteiger partial charge in [0.2, 0.25) is 0 Å². The van der Waals surface area contributed by atoms with Crippen LogP contribution in [0, 0.1) is 13.7 Å². The number of halogens is 1. The van der Waals surface area contributed by atoms with Crippen LogP contribution in [0.1, 0.15) is 18.0 Å². The Hall–Kier alpha value is -1.78. The Morgan fingerprint density at radius 3 is 2.63 bits per heavy atom. The maximum absolute atomic E-state index is 11.4. The van der Waals surface area contributed by atoms with E-state index in [1.807, 2.05) is 24.3 Å². The van der Waals surface area contributed by atoms with Crippen molar-refractivity contribution >= 4 is 55.5 Å². The molecule has 0 saturated carbocycles. The highest BCUT2D eigenvalue weighted by molar-refractivity contribution is 14.1. The average molecular weight is 494 g/mol. The predicted molar refractivity (Wildman–Crippen MR) is 118 cm³/mol. The van der Waals surface area contributed by atoms with Gasteiger partial charge in [-0.15, -0.1) is 11.3 Å². The van der Waals surface area contributed by atoms with Gasteiger partial charge in [-0.2, -0.15) is 0 Å². The maximum Gasteiger partial charge on any atom is 0.293 e. The molecule has 140 valence electrons. The van der Waals surface area contributed by atoms with Crippen molar-refractivity contribution in [3.63, 3.8) is 0 Å². The fourth-order valence-electron chi connectivity index (χ4n) is 3.49. The van der Waals surface area contributed by atoms with Crippen LogP contribution < -0.4 is 4.90 Å². The van der Waals surface area contributed by atoms with Gasteiger partial charge in [-0.3, -0.25) is 15.0 Å². The van der Waals surface area contributed by atoms with Crippen molar-refractivity contribution in [2.75, 3.05) is 31.1 Å². The lowest BCUT2D eigenvalue weighted by Crippen LogP contribution is -2.47. The van der Waals surface area contributed by atoms with E-state index in [0.717, 1.165) is 40.3 Å². The van der Waals surface area contributed by atoms with Gasteiger partial charge in [0, 0.05) is 35.8 Å². The molecule has 0 aliphatic carbocycles. The lowest BCUT2D eigenvalue weighted by molar-refractivity contribution is -0.384. The summed E-state index contributed by atoms with van der Waals surface area (Å²) in [5, 5.41) is 12.5. The third kappa shape index (κ3) is 3.78. The van der Waals surface area contributed by atoms with Crippen molar-refractivity contribution in [1.29, 1.82) is 0 Å². The topological polar surface area (TPSA) is 62.5 Å². The molecule has 0 N–H and O–H groups in total. The minimum absolute atomic E-state index is 0.189. The molecule has 1 aromatic heterocycles. The third-order valence-corrected chi connectivity index (χ3v) is 6.88. The monoisotopic (exact) mass is 494 g/mol. The van der Waals surface area contributed by atoms with E-state index in [2.05, 4.69) is 51.4 Å². The number of para-hydroxylation sites is 1. The fraction of sp³-hybridized carbons (Fsp3) is 0.316. The van der Waals surface area contributed by atoms with Crippen molar-refractivity contribution in [3.8, 4) is 0 Å². The second-order valence-corrected chi connectivity index (χ2v) is 8.92. The van der Waals surface area contributed by atoms with Gasteiger partial charge in [0.1, 0.15) is 10.7 Å². The number of piperazine rings is 1. The molecular formula is C19H19IN4O2S. The van der Waals surface area contributed by atoms with Crippen LogP contribution in [-0.4, -0.2) is 41.0 Å². The first kappa shape index (κ1) is 18.6. The Balaban J connectivity index is 1.48. The highest BCUT2D eigenvalue weighted by atomic mass is 127. The zero-order chi connectivity index (χ0) is 19.0. The van der Waals surface area contributed by atoms with Gasteiger partial charge in [-0.05, 0) is 53.8 Å². The number of nitro groups is 1. The molecule has 6 nitrogen and oxygen atoms in total. The number of hydrogen-bond acceptors (Lipinski definition) is 6. The zero-order valence-electron chi connectivity index (χ0n) is 14.8. The predicted octanol–water partition coefficient (Wildman–Crippen LogP) is 4.69. The molecule has 1 fully saturated rings. The maximum atomic E-state index is 11.4. The van der Waals surface area contributed by atoms with Gasteiger partial charge in [0.15, 0.2) is 0 Å². The summed E-state index contributed by atoms with van der Waals surface area (Å²) in [4.78, 5) is 20.4. The Morgan fingerprint density at radius 2 is 1.93 bits per heavy atom. The molecule has 0 bridgehead atoms. The second kappa shape index (κ2) is 7.69. The van der Waals surface area contributed by atoms with Gasteiger partial charge in [0.05, 0.1) is 21.2 Å². The smallest absolute Gasteiger partial charge is 0.293 e. The largest absolute Gasteiger partial charge is 0.363 e. The van der Waals surface area contributed by atoms with Crippen LogP contribution in [-0.2, 0) is 0 Å². The SMILES string of the molecule is CC(c1nc2ccccc2s1)N1CCN(c2ccc(I)cc2[N+](=O)[O-])CC1. The minimum Gasteiger partial charge on any atom is -0.363 e. The summed E-state index contributed by atoms with van der Waals surface area (Å²) >= 11 is 3.86. The highest BCUT2D eigenvalue weighted by Gasteiger charge is 2.27.